The van der Waals surface area contributed by atoms with Crippen LogP contribution in [0.4, 0.5) is 4.39 Å². The molecule has 0 aliphatic rings. The van der Waals surface area contributed by atoms with Gasteiger partial charge in [0.2, 0.25) is 0 Å². The zero-order valence-corrected chi connectivity index (χ0v) is 11.4. The van der Waals surface area contributed by atoms with Crippen LogP contribution in [0.2, 0.25) is 0 Å². The summed E-state index contributed by atoms with van der Waals surface area (Å²) in [7, 11) is 0. The van der Waals surface area contributed by atoms with E-state index in [0.717, 1.165) is 0 Å². The first kappa shape index (κ1) is 14.1. The van der Waals surface area contributed by atoms with Crippen LogP contribution in [-0.4, -0.2) is 18.5 Å². The molecule has 0 radical (unpaired) electrons. The lowest BCUT2D eigenvalue weighted by molar-refractivity contribution is 0.0923. The SMILES string of the molecule is CC(C)C(CN)NC(=O)c1c(F)cccc1Br. The Labute approximate surface area is 109 Å². The van der Waals surface area contributed by atoms with Gasteiger partial charge in [0.1, 0.15) is 5.82 Å². The van der Waals surface area contributed by atoms with Gasteiger partial charge in [-0.05, 0) is 34.0 Å². The quantitative estimate of drug-likeness (QED) is 0.897. The molecule has 0 heterocycles. The highest BCUT2D eigenvalue weighted by atomic mass is 79.9. The monoisotopic (exact) mass is 302 g/mol. The second kappa shape index (κ2) is 6.12. The molecule has 0 aliphatic heterocycles. The largest absolute Gasteiger partial charge is 0.348 e. The van der Waals surface area contributed by atoms with Gasteiger partial charge in [0.25, 0.3) is 5.91 Å². The van der Waals surface area contributed by atoms with E-state index in [9.17, 15) is 9.18 Å². The van der Waals surface area contributed by atoms with E-state index in [4.69, 9.17) is 5.73 Å². The highest BCUT2D eigenvalue weighted by Gasteiger charge is 2.20. The minimum atomic E-state index is -0.545. The molecular formula is C12H16BrFN2O. The third-order valence-electron chi connectivity index (χ3n) is 2.56. The molecule has 0 aliphatic carbocycles. The number of hydrogen-bond donors (Lipinski definition) is 2. The summed E-state index contributed by atoms with van der Waals surface area (Å²) in [6.07, 6.45) is 0. The number of nitrogens with two attached hydrogens (primary N) is 1. The van der Waals surface area contributed by atoms with Crippen LogP contribution < -0.4 is 11.1 Å². The van der Waals surface area contributed by atoms with Crippen LogP contribution in [-0.2, 0) is 0 Å². The maximum Gasteiger partial charge on any atom is 0.255 e. The third kappa shape index (κ3) is 3.51. The van der Waals surface area contributed by atoms with Crippen molar-refractivity contribution in [3.05, 3.63) is 34.1 Å². The van der Waals surface area contributed by atoms with Crippen LogP contribution >= 0.6 is 15.9 Å². The normalized spacial score (nSPS) is 12.6. The summed E-state index contributed by atoms with van der Waals surface area (Å²) in [5.41, 5.74) is 5.58. The van der Waals surface area contributed by atoms with Crippen LogP contribution in [0.25, 0.3) is 0 Å². The third-order valence-corrected chi connectivity index (χ3v) is 3.23. The van der Waals surface area contributed by atoms with Gasteiger partial charge < -0.3 is 11.1 Å². The predicted molar refractivity (Wildman–Crippen MR) is 69.2 cm³/mol. The van der Waals surface area contributed by atoms with E-state index in [0.29, 0.717) is 11.0 Å². The highest BCUT2D eigenvalue weighted by Crippen LogP contribution is 2.19. The number of carbonyl (C=O) groups excluding carboxylic acids is 1. The first-order valence-electron chi connectivity index (χ1n) is 5.42. The Kier molecular flexibility index (Phi) is 5.08. The molecule has 0 bridgehead atoms. The molecule has 3 N–H and O–H groups in total. The lowest BCUT2D eigenvalue weighted by Gasteiger charge is -2.20. The zero-order chi connectivity index (χ0) is 13.0. The van der Waals surface area contributed by atoms with E-state index in [1.807, 2.05) is 13.8 Å². The van der Waals surface area contributed by atoms with Gasteiger partial charge in [-0.3, -0.25) is 4.79 Å². The fourth-order valence-corrected chi connectivity index (χ4v) is 1.98. The molecule has 0 saturated heterocycles. The van der Waals surface area contributed by atoms with Crippen molar-refractivity contribution in [2.75, 3.05) is 6.54 Å². The van der Waals surface area contributed by atoms with E-state index in [2.05, 4.69) is 21.2 Å². The summed E-state index contributed by atoms with van der Waals surface area (Å²) >= 11 is 3.16. The van der Waals surface area contributed by atoms with Gasteiger partial charge in [0.05, 0.1) is 5.56 Å². The van der Waals surface area contributed by atoms with Crippen LogP contribution in [0.3, 0.4) is 0 Å². The number of carbonyl (C=O) groups is 1. The number of rotatable bonds is 4. The van der Waals surface area contributed by atoms with Gasteiger partial charge in [-0.15, -0.1) is 0 Å². The summed E-state index contributed by atoms with van der Waals surface area (Å²) in [6, 6.07) is 4.27. The number of halogens is 2. The van der Waals surface area contributed by atoms with Gasteiger partial charge in [-0.2, -0.15) is 0 Å². The highest BCUT2D eigenvalue weighted by molar-refractivity contribution is 9.10. The molecule has 17 heavy (non-hydrogen) atoms. The van der Waals surface area contributed by atoms with Crippen molar-refractivity contribution in [3.63, 3.8) is 0 Å². The van der Waals surface area contributed by atoms with Gasteiger partial charge >= 0.3 is 0 Å². The van der Waals surface area contributed by atoms with Crippen LogP contribution in [0.1, 0.15) is 24.2 Å². The molecule has 0 saturated carbocycles. The van der Waals surface area contributed by atoms with Crippen molar-refractivity contribution in [1.29, 1.82) is 0 Å². The molecule has 0 spiro atoms. The predicted octanol–water partition coefficient (Wildman–Crippen LogP) is 2.30. The summed E-state index contributed by atoms with van der Waals surface area (Å²) in [4.78, 5) is 11.9. The lowest BCUT2D eigenvalue weighted by Crippen LogP contribution is -2.44. The number of benzene rings is 1. The second-order valence-electron chi connectivity index (χ2n) is 4.16. The summed E-state index contributed by atoms with van der Waals surface area (Å²) in [5.74, 6) is -0.787. The molecule has 1 unspecified atom stereocenters. The number of nitrogens with one attached hydrogen (secondary N) is 1. The number of amides is 1. The van der Waals surface area contributed by atoms with E-state index in [1.165, 1.54) is 6.07 Å². The van der Waals surface area contributed by atoms with Gasteiger partial charge in [0, 0.05) is 17.1 Å². The molecular weight excluding hydrogens is 287 g/mol. The van der Waals surface area contributed by atoms with Crippen LogP contribution in [0.15, 0.2) is 22.7 Å². The van der Waals surface area contributed by atoms with E-state index >= 15 is 0 Å². The first-order valence-corrected chi connectivity index (χ1v) is 6.21. The molecule has 0 aromatic heterocycles. The molecule has 5 heteroatoms. The van der Waals surface area contributed by atoms with E-state index in [-0.39, 0.29) is 17.5 Å². The standard InChI is InChI=1S/C12H16BrFN2O/c1-7(2)10(6-15)16-12(17)11-8(13)4-3-5-9(11)14/h3-5,7,10H,6,15H2,1-2H3,(H,16,17). The Morgan fingerprint density at radius 2 is 2.18 bits per heavy atom. The van der Waals surface area contributed by atoms with Gasteiger partial charge in [0.15, 0.2) is 0 Å². The molecule has 3 nitrogen and oxygen atoms in total. The Balaban J connectivity index is 2.90. The number of hydrogen-bond acceptors (Lipinski definition) is 2. The molecule has 1 aromatic rings. The summed E-state index contributed by atoms with van der Waals surface area (Å²) < 4.78 is 14.0. The Hall–Kier alpha value is -0.940. The molecule has 0 fully saturated rings. The Morgan fingerprint density at radius 3 is 2.65 bits per heavy atom. The zero-order valence-electron chi connectivity index (χ0n) is 9.84. The molecule has 1 rings (SSSR count). The fraction of sp³-hybridized carbons (Fsp3) is 0.417. The van der Waals surface area contributed by atoms with Crippen LogP contribution in [0.5, 0.6) is 0 Å². The summed E-state index contributed by atoms with van der Waals surface area (Å²) in [6.45, 7) is 4.23. The van der Waals surface area contributed by atoms with Crippen molar-refractivity contribution < 1.29 is 9.18 Å². The average molecular weight is 303 g/mol. The van der Waals surface area contributed by atoms with E-state index < -0.39 is 11.7 Å². The van der Waals surface area contributed by atoms with Crippen molar-refractivity contribution >= 4 is 21.8 Å². The molecule has 94 valence electrons. The smallest absolute Gasteiger partial charge is 0.255 e. The Bertz CT molecular complexity index is 389. The van der Waals surface area contributed by atoms with Gasteiger partial charge in [-0.25, -0.2) is 4.39 Å². The lowest BCUT2D eigenvalue weighted by atomic mass is 10.0. The Morgan fingerprint density at radius 1 is 1.53 bits per heavy atom. The fourth-order valence-electron chi connectivity index (χ4n) is 1.45. The molecule has 1 aromatic carbocycles. The maximum absolute atomic E-state index is 13.5. The topological polar surface area (TPSA) is 55.1 Å². The average Bonchev–Trinajstić information content (AvgIpc) is 2.25. The van der Waals surface area contributed by atoms with Crippen molar-refractivity contribution in [2.24, 2.45) is 11.7 Å². The van der Waals surface area contributed by atoms with Crippen molar-refractivity contribution in [1.82, 2.24) is 5.32 Å². The van der Waals surface area contributed by atoms with Crippen molar-refractivity contribution in [2.45, 2.75) is 19.9 Å². The molecule has 1 amide bonds. The first-order chi connectivity index (χ1) is 7.97. The van der Waals surface area contributed by atoms with Crippen molar-refractivity contribution in [3.8, 4) is 0 Å². The van der Waals surface area contributed by atoms with Crippen LogP contribution in [0, 0.1) is 11.7 Å². The van der Waals surface area contributed by atoms with E-state index in [1.54, 1.807) is 12.1 Å². The maximum atomic E-state index is 13.5. The second-order valence-corrected chi connectivity index (χ2v) is 5.01. The van der Waals surface area contributed by atoms with Gasteiger partial charge in [-0.1, -0.05) is 19.9 Å². The molecule has 1 atom stereocenters. The minimum absolute atomic E-state index is 0.0200. The minimum Gasteiger partial charge on any atom is -0.348 e. The summed E-state index contributed by atoms with van der Waals surface area (Å²) in [5, 5.41) is 2.73.